The minimum Gasteiger partial charge on any atom is -0.392 e. The summed E-state index contributed by atoms with van der Waals surface area (Å²) in [6.45, 7) is 3.31. The molecule has 0 bridgehead atoms. The molecule has 0 aromatic carbocycles. The van der Waals surface area contributed by atoms with E-state index in [0.29, 0.717) is 0 Å². The van der Waals surface area contributed by atoms with Gasteiger partial charge in [-0.25, -0.2) is 0 Å². The maximum atomic E-state index is 7.76. The highest BCUT2D eigenvalue weighted by Crippen LogP contribution is 2.07. The van der Waals surface area contributed by atoms with E-state index in [1.165, 1.54) is 31.8 Å². The van der Waals surface area contributed by atoms with Gasteiger partial charge < -0.3 is 5.11 Å². The molecule has 1 aliphatic rings. The van der Waals surface area contributed by atoms with Gasteiger partial charge >= 0.3 is 0 Å². The first-order chi connectivity index (χ1) is 4.91. The van der Waals surface area contributed by atoms with E-state index in [4.69, 9.17) is 5.11 Å². The van der Waals surface area contributed by atoms with Crippen LogP contribution in [0.25, 0.3) is 0 Å². The minimum absolute atomic E-state index is 0.0833. The Morgan fingerprint density at radius 1 is 1.30 bits per heavy atom. The molecule has 0 saturated carbocycles. The Kier molecular flexibility index (Phi) is 7.97. The van der Waals surface area contributed by atoms with Crippen molar-refractivity contribution in [3.8, 4) is 0 Å². The summed E-state index contributed by atoms with van der Waals surface area (Å²) in [4.78, 5) is 0. The van der Waals surface area contributed by atoms with Gasteiger partial charge in [0, 0.05) is 0 Å². The molecule has 0 amide bonds. The first-order valence-electron chi connectivity index (χ1n) is 3.78. The summed E-state index contributed by atoms with van der Waals surface area (Å²) in [6, 6.07) is 0. The molecule has 1 nitrogen and oxygen atoms in total. The molecule has 10 heavy (non-hydrogen) atoms. The van der Waals surface area contributed by atoms with Gasteiger partial charge in [0.2, 0.25) is 0 Å². The molecule has 58 valence electrons. The normalized spacial score (nSPS) is 15.3. The molecule has 0 aromatic rings. The third-order valence-electron chi connectivity index (χ3n) is 1.29. The summed E-state index contributed by atoms with van der Waals surface area (Å²) in [6.07, 6.45) is 11.4. The van der Waals surface area contributed by atoms with Gasteiger partial charge in [0.15, 0.2) is 0 Å². The predicted molar refractivity (Wildman–Crippen MR) is 44.9 cm³/mol. The van der Waals surface area contributed by atoms with E-state index in [2.05, 4.69) is 18.7 Å². The second-order valence-electron chi connectivity index (χ2n) is 2.23. The maximum absolute atomic E-state index is 7.76. The smallest absolute Gasteiger partial charge is 0.0609 e. The Balaban J connectivity index is 0.000000180. The third-order valence-corrected chi connectivity index (χ3v) is 1.29. The third kappa shape index (κ3) is 7.44. The van der Waals surface area contributed by atoms with Crippen molar-refractivity contribution in [3.05, 3.63) is 24.8 Å². The van der Waals surface area contributed by atoms with Crippen LogP contribution in [0.2, 0.25) is 0 Å². The van der Waals surface area contributed by atoms with Crippen LogP contribution in [0.4, 0.5) is 0 Å². The molecular formula is C9H16O. The van der Waals surface area contributed by atoms with Crippen molar-refractivity contribution in [3.63, 3.8) is 0 Å². The number of aliphatic hydroxyl groups excluding tert-OH is 1. The molecule has 0 fully saturated rings. The summed E-state index contributed by atoms with van der Waals surface area (Å²) in [5, 5.41) is 7.76. The van der Waals surface area contributed by atoms with Crippen LogP contribution in [-0.4, -0.2) is 11.7 Å². The fourth-order valence-electron chi connectivity index (χ4n) is 0.760. The predicted octanol–water partition coefficient (Wildman–Crippen LogP) is 2.28. The average molecular weight is 140 g/mol. The zero-order chi connectivity index (χ0) is 7.66. The molecule has 1 heteroatoms. The SMILES string of the molecule is C1=CCCCC1.C=CCO. The van der Waals surface area contributed by atoms with E-state index in [9.17, 15) is 0 Å². The monoisotopic (exact) mass is 140 g/mol. The molecule has 0 aliphatic heterocycles. The summed E-state index contributed by atoms with van der Waals surface area (Å²) in [5.41, 5.74) is 0. The number of aliphatic hydroxyl groups is 1. The average Bonchev–Trinajstić information content (AvgIpc) is 2.08. The Morgan fingerprint density at radius 3 is 1.80 bits per heavy atom. The Hall–Kier alpha value is -0.560. The van der Waals surface area contributed by atoms with Crippen LogP contribution in [-0.2, 0) is 0 Å². The number of rotatable bonds is 1. The van der Waals surface area contributed by atoms with E-state index in [0.717, 1.165) is 0 Å². The quantitative estimate of drug-likeness (QED) is 0.554. The van der Waals surface area contributed by atoms with Crippen LogP contribution < -0.4 is 0 Å². The zero-order valence-corrected chi connectivity index (χ0v) is 6.42. The number of allylic oxidation sites excluding steroid dienone is 2. The molecular weight excluding hydrogens is 124 g/mol. The molecule has 0 aromatic heterocycles. The lowest BCUT2D eigenvalue weighted by Crippen LogP contribution is -1.77. The van der Waals surface area contributed by atoms with Gasteiger partial charge in [-0.2, -0.15) is 0 Å². The largest absolute Gasteiger partial charge is 0.392 e. The van der Waals surface area contributed by atoms with Gasteiger partial charge in [0.1, 0.15) is 0 Å². The fourth-order valence-corrected chi connectivity index (χ4v) is 0.760. The van der Waals surface area contributed by atoms with Crippen molar-refractivity contribution < 1.29 is 5.11 Å². The van der Waals surface area contributed by atoms with Crippen LogP contribution in [0.3, 0.4) is 0 Å². The van der Waals surface area contributed by atoms with Gasteiger partial charge in [-0.1, -0.05) is 18.2 Å². The number of hydrogen-bond acceptors (Lipinski definition) is 1. The van der Waals surface area contributed by atoms with E-state index < -0.39 is 0 Å². The highest BCUT2D eigenvalue weighted by atomic mass is 16.2. The molecule has 0 radical (unpaired) electrons. The van der Waals surface area contributed by atoms with Crippen LogP contribution in [0.15, 0.2) is 24.8 Å². The van der Waals surface area contributed by atoms with Gasteiger partial charge in [-0.05, 0) is 25.7 Å². The van der Waals surface area contributed by atoms with E-state index in [1.54, 1.807) is 0 Å². The maximum Gasteiger partial charge on any atom is 0.0609 e. The first-order valence-corrected chi connectivity index (χ1v) is 3.78. The van der Waals surface area contributed by atoms with Crippen LogP contribution >= 0.6 is 0 Å². The topological polar surface area (TPSA) is 20.2 Å². The zero-order valence-electron chi connectivity index (χ0n) is 6.42. The highest BCUT2D eigenvalue weighted by Gasteiger charge is 1.87. The summed E-state index contributed by atoms with van der Waals surface area (Å²) in [5.74, 6) is 0. The van der Waals surface area contributed by atoms with Crippen molar-refractivity contribution in [2.45, 2.75) is 25.7 Å². The van der Waals surface area contributed by atoms with Crippen molar-refractivity contribution in [1.29, 1.82) is 0 Å². The van der Waals surface area contributed by atoms with Crippen LogP contribution in [0.5, 0.6) is 0 Å². The fraction of sp³-hybridized carbons (Fsp3) is 0.556. The molecule has 1 N–H and O–H groups in total. The lowest BCUT2D eigenvalue weighted by Gasteiger charge is -1.97. The highest BCUT2D eigenvalue weighted by molar-refractivity contribution is 4.85. The van der Waals surface area contributed by atoms with Gasteiger partial charge in [0.05, 0.1) is 6.61 Å². The molecule has 1 rings (SSSR count). The lowest BCUT2D eigenvalue weighted by molar-refractivity contribution is 0.343. The van der Waals surface area contributed by atoms with Crippen molar-refractivity contribution in [2.24, 2.45) is 0 Å². The Morgan fingerprint density at radius 2 is 1.70 bits per heavy atom. The van der Waals surface area contributed by atoms with Crippen molar-refractivity contribution in [2.75, 3.05) is 6.61 Å². The van der Waals surface area contributed by atoms with E-state index in [-0.39, 0.29) is 6.61 Å². The Labute approximate surface area is 63.1 Å². The molecule has 0 atom stereocenters. The lowest BCUT2D eigenvalue weighted by atomic mass is 10.1. The van der Waals surface area contributed by atoms with Gasteiger partial charge in [0.25, 0.3) is 0 Å². The molecule has 0 saturated heterocycles. The molecule has 1 aliphatic carbocycles. The summed E-state index contributed by atoms with van der Waals surface area (Å²) >= 11 is 0. The molecule has 0 heterocycles. The second kappa shape index (κ2) is 8.44. The summed E-state index contributed by atoms with van der Waals surface area (Å²) in [7, 11) is 0. The van der Waals surface area contributed by atoms with Crippen molar-refractivity contribution >= 4 is 0 Å². The first kappa shape index (κ1) is 9.44. The second-order valence-corrected chi connectivity index (χ2v) is 2.23. The van der Waals surface area contributed by atoms with E-state index >= 15 is 0 Å². The molecule has 0 spiro atoms. The van der Waals surface area contributed by atoms with Crippen LogP contribution in [0, 0.1) is 0 Å². The van der Waals surface area contributed by atoms with E-state index in [1.807, 2.05) is 0 Å². The van der Waals surface area contributed by atoms with Gasteiger partial charge in [-0.15, -0.1) is 6.58 Å². The standard InChI is InChI=1S/C6H10.C3H6O/c1-2-4-6-5-3-1;1-2-3-4/h1-2H,3-6H2;2,4H,1,3H2. The van der Waals surface area contributed by atoms with Crippen molar-refractivity contribution in [1.82, 2.24) is 0 Å². The minimum atomic E-state index is 0.0833. The van der Waals surface area contributed by atoms with Crippen LogP contribution in [0.1, 0.15) is 25.7 Å². The summed E-state index contributed by atoms with van der Waals surface area (Å²) < 4.78 is 0. The Bertz CT molecular complexity index is 86.9. The number of hydrogen-bond donors (Lipinski definition) is 1. The molecule has 0 unspecified atom stereocenters. The van der Waals surface area contributed by atoms with Gasteiger partial charge in [-0.3, -0.25) is 0 Å².